The maximum Gasteiger partial charge on any atom is 0.0591 e. The summed E-state index contributed by atoms with van der Waals surface area (Å²) in [7, 11) is 0. The van der Waals surface area contributed by atoms with Gasteiger partial charge in [-0.3, -0.25) is 0 Å². The van der Waals surface area contributed by atoms with Crippen molar-refractivity contribution in [2.75, 3.05) is 39.4 Å². The summed E-state index contributed by atoms with van der Waals surface area (Å²) in [5.74, 6) is 0.739. The van der Waals surface area contributed by atoms with Crippen LogP contribution < -0.4 is 5.32 Å². The van der Waals surface area contributed by atoms with Crippen LogP contribution in [0.25, 0.3) is 0 Å². The van der Waals surface area contributed by atoms with E-state index < -0.39 is 0 Å². The molecule has 0 spiro atoms. The van der Waals surface area contributed by atoms with Gasteiger partial charge in [0.2, 0.25) is 0 Å². The summed E-state index contributed by atoms with van der Waals surface area (Å²) in [6.07, 6.45) is 4.87. The third-order valence-electron chi connectivity index (χ3n) is 4.67. The lowest BCUT2D eigenvalue weighted by atomic mass is 10.0. The van der Waals surface area contributed by atoms with Crippen LogP contribution in [0.15, 0.2) is 30.3 Å². The fourth-order valence-corrected chi connectivity index (χ4v) is 3.05. The number of nitrogens with zero attached hydrogens (tertiary/aromatic N) is 1. The molecule has 2 rings (SSSR count). The van der Waals surface area contributed by atoms with Gasteiger partial charge in [0.1, 0.15) is 0 Å². The number of nitrogens with one attached hydrogen (secondary N) is 1. The molecule has 1 aromatic rings. The predicted octanol–water partition coefficient (Wildman–Crippen LogP) is 3.35. The van der Waals surface area contributed by atoms with Crippen molar-refractivity contribution in [3.05, 3.63) is 35.9 Å². The second-order valence-electron chi connectivity index (χ2n) is 7.10. The van der Waals surface area contributed by atoms with Crippen LogP contribution in [0.1, 0.15) is 38.7 Å². The van der Waals surface area contributed by atoms with Crippen molar-refractivity contribution in [1.29, 1.82) is 0 Å². The number of benzene rings is 1. The molecule has 1 heterocycles. The van der Waals surface area contributed by atoms with E-state index in [0.29, 0.717) is 6.04 Å². The van der Waals surface area contributed by atoms with Crippen LogP contribution >= 0.6 is 0 Å². The van der Waals surface area contributed by atoms with E-state index in [9.17, 15) is 0 Å². The van der Waals surface area contributed by atoms with Crippen LogP contribution in [0.4, 0.5) is 0 Å². The van der Waals surface area contributed by atoms with Crippen molar-refractivity contribution in [2.24, 2.45) is 5.92 Å². The number of hydrogen-bond acceptors (Lipinski definition) is 3. The highest BCUT2D eigenvalue weighted by atomic mass is 16.5. The van der Waals surface area contributed by atoms with Crippen molar-refractivity contribution >= 4 is 0 Å². The number of rotatable bonds is 10. The van der Waals surface area contributed by atoms with E-state index >= 15 is 0 Å². The highest BCUT2D eigenvalue weighted by Crippen LogP contribution is 2.11. The van der Waals surface area contributed by atoms with Gasteiger partial charge >= 0.3 is 0 Å². The van der Waals surface area contributed by atoms with E-state index in [1.54, 1.807) is 0 Å². The standard InChI is InChI=1S/C20H34N2O/c1-18(2)11-16-23-17-12-21-20-9-14-22(15-10-20)13-8-19-6-4-3-5-7-19/h3-7,18,20-21H,8-17H2,1-2H3. The maximum absolute atomic E-state index is 5.67. The molecule has 3 nitrogen and oxygen atoms in total. The van der Waals surface area contributed by atoms with Crippen molar-refractivity contribution in [3.63, 3.8) is 0 Å². The van der Waals surface area contributed by atoms with E-state index in [1.165, 1.54) is 50.9 Å². The van der Waals surface area contributed by atoms with Crippen molar-refractivity contribution in [1.82, 2.24) is 10.2 Å². The van der Waals surface area contributed by atoms with Crippen LogP contribution in [-0.4, -0.2) is 50.3 Å². The van der Waals surface area contributed by atoms with E-state index in [4.69, 9.17) is 4.74 Å². The minimum atomic E-state index is 0.677. The average molecular weight is 319 g/mol. The SMILES string of the molecule is CC(C)CCOCCNC1CCN(CCc2ccccc2)CC1. The van der Waals surface area contributed by atoms with Gasteiger partial charge in [-0.1, -0.05) is 44.2 Å². The fraction of sp³-hybridized carbons (Fsp3) is 0.700. The predicted molar refractivity (Wildman–Crippen MR) is 97.9 cm³/mol. The Balaban J connectivity index is 1.49. The lowest BCUT2D eigenvalue weighted by Gasteiger charge is -2.32. The number of piperidine rings is 1. The first-order chi connectivity index (χ1) is 11.2. The first kappa shape index (κ1) is 18.4. The minimum Gasteiger partial charge on any atom is -0.380 e. The molecule has 130 valence electrons. The Hall–Kier alpha value is -0.900. The molecule has 0 saturated carbocycles. The van der Waals surface area contributed by atoms with Crippen molar-refractivity contribution in [2.45, 2.75) is 45.6 Å². The average Bonchev–Trinajstić information content (AvgIpc) is 2.58. The van der Waals surface area contributed by atoms with Crippen LogP contribution in [-0.2, 0) is 11.2 Å². The Morgan fingerprint density at radius 1 is 1.13 bits per heavy atom. The highest BCUT2D eigenvalue weighted by Gasteiger charge is 2.18. The number of ether oxygens (including phenoxy) is 1. The molecule has 0 unspecified atom stereocenters. The Labute approximate surface area is 142 Å². The van der Waals surface area contributed by atoms with Gasteiger partial charge in [0.15, 0.2) is 0 Å². The van der Waals surface area contributed by atoms with Gasteiger partial charge in [-0.2, -0.15) is 0 Å². The molecular weight excluding hydrogens is 284 g/mol. The van der Waals surface area contributed by atoms with Gasteiger partial charge in [0, 0.05) is 25.7 Å². The Kier molecular flexibility index (Phi) is 8.66. The summed E-state index contributed by atoms with van der Waals surface area (Å²) < 4.78 is 5.67. The van der Waals surface area contributed by atoms with Gasteiger partial charge in [-0.05, 0) is 50.3 Å². The van der Waals surface area contributed by atoms with Gasteiger partial charge in [0.25, 0.3) is 0 Å². The molecule has 1 aliphatic heterocycles. The second-order valence-corrected chi connectivity index (χ2v) is 7.10. The van der Waals surface area contributed by atoms with Gasteiger partial charge in [-0.15, -0.1) is 0 Å². The lowest BCUT2D eigenvalue weighted by Crippen LogP contribution is -2.43. The molecule has 0 aromatic heterocycles. The molecule has 1 N–H and O–H groups in total. The third kappa shape index (κ3) is 7.96. The topological polar surface area (TPSA) is 24.5 Å². The van der Waals surface area contributed by atoms with Crippen LogP contribution in [0.5, 0.6) is 0 Å². The second kappa shape index (κ2) is 10.8. The lowest BCUT2D eigenvalue weighted by molar-refractivity contribution is 0.119. The zero-order chi connectivity index (χ0) is 16.3. The Morgan fingerprint density at radius 3 is 2.57 bits per heavy atom. The number of likely N-dealkylation sites (tertiary alicyclic amines) is 1. The molecule has 3 heteroatoms. The minimum absolute atomic E-state index is 0.677. The van der Waals surface area contributed by atoms with Crippen molar-refractivity contribution < 1.29 is 4.74 Å². The summed E-state index contributed by atoms with van der Waals surface area (Å²) in [5.41, 5.74) is 1.45. The largest absolute Gasteiger partial charge is 0.380 e. The van der Waals surface area contributed by atoms with Crippen LogP contribution in [0.2, 0.25) is 0 Å². The molecule has 0 amide bonds. The number of hydrogen-bond donors (Lipinski definition) is 1. The summed E-state index contributed by atoms with van der Waals surface area (Å²) in [5, 5.41) is 3.65. The summed E-state index contributed by atoms with van der Waals surface area (Å²) >= 11 is 0. The molecule has 0 atom stereocenters. The molecule has 1 saturated heterocycles. The summed E-state index contributed by atoms with van der Waals surface area (Å²) in [6.45, 7) is 10.9. The molecule has 1 fully saturated rings. The van der Waals surface area contributed by atoms with Gasteiger partial charge in [-0.25, -0.2) is 0 Å². The molecule has 0 bridgehead atoms. The molecule has 1 aromatic carbocycles. The van der Waals surface area contributed by atoms with Gasteiger partial charge < -0.3 is 15.0 Å². The van der Waals surface area contributed by atoms with Crippen LogP contribution in [0.3, 0.4) is 0 Å². The van der Waals surface area contributed by atoms with Crippen LogP contribution in [0, 0.1) is 5.92 Å². The molecular formula is C20H34N2O. The zero-order valence-electron chi connectivity index (χ0n) is 15.0. The van der Waals surface area contributed by atoms with E-state index in [0.717, 1.165) is 25.7 Å². The molecule has 0 aliphatic carbocycles. The highest BCUT2D eigenvalue weighted by molar-refractivity contribution is 5.14. The smallest absolute Gasteiger partial charge is 0.0591 e. The normalized spacial score (nSPS) is 17.0. The quantitative estimate of drug-likeness (QED) is 0.670. The zero-order valence-corrected chi connectivity index (χ0v) is 15.0. The summed E-state index contributed by atoms with van der Waals surface area (Å²) in [6, 6.07) is 11.5. The van der Waals surface area contributed by atoms with E-state index in [1.807, 2.05) is 0 Å². The molecule has 1 aliphatic rings. The maximum atomic E-state index is 5.67. The first-order valence-electron chi connectivity index (χ1n) is 9.31. The summed E-state index contributed by atoms with van der Waals surface area (Å²) in [4.78, 5) is 2.60. The Morgan fingerprint density at radius 2 is 1.87 bits per heavy atom. The fourth-order valence-electron chi connectivity index (χ4n) is 3.05. The van der Waals surface area contributed by atoms with E-state index in [2.05, 4.69) is 54.4 Å². The van der Waals surface area contributed by atoms with Crippen molar-refractivity contribution in [3.8, 4) is 0 Å². The van der Waals surface area contributed by atoms with Gasteiger partial charge in [0.05, 0.1) is 6.61 Å². The first-order valence-corrected chi connectivity index (χ1v) is 9.31. The molecule has 0 radical (unpaired) electrons. The van der Waals surface area contributed by atoms with E-state index in [-0.39, 0.29) is 0 Å². The Bertz CT molecular complexity index is 399. The monoisotopic (exact) mass is 318 g/mol. The third-order valence-corrected chi connectivity index (χ3v) is 4.67. The molecule has 23 heavy (non-hydrogen) atoms.